The van der Waals surface area contributed by atoms with Crippen molar-refractivity contribution in [2.45, 2.75) is 45.8 Å². The summed E-state index contributed by atoms with van der Waals surface area (Å²) in [7, 11) is 0. The second-order valence-corrected chi connectivity index (χ2v) is 5.39. The molecule has 2 heterocycles. The van der Waals surface area contributed by atoms with Crippen LogP contribution < -0.4 is 10.2 Å². The Labute approximate surface area is 122 Å². The van der Waals surface area contributed by atoms with E-state index in [1.54, 1.807) is 0 Å². The molecule has 2 rings (SSSR count). The fourth-order valence-electron chi connectivity index (χ4n) is 2.70. The number of ether oxygens (including phenoxy) is 1. The van der Waals surface area contributed by atoms with Crippen molar-refractivity contribution < 1.29 is 4.74 Å². The van der Waals surface area contributed by atoms with Crippen LogP contribution >= 0.6 is 0 Å². The van der Waals surface area contributed by atoms with Crippen molar-refractivity contribution in [3.63, 3.8) is 0 Å². The molecule has 1 aromatic rings. The van der Waals surface area contributed by atoms with Crippen LogP contribution in [0.3, 0.4) is 0 Å². The summed E-state index contributed by atoms with van der Waals surface area (Å²) < 4.78 is 5.73. The first-order valence-corrected chi connectivity index (χ1v) is 7.80. The molecule has 0 bridgehead atoms. The van der Waals surface area contributed by atoms with Crippen molar-refractivity contribution in [1.29, 1.82) is 0 Å². The third-order valence-electron chi connectivity index (χ3n) is 3.92. The largest absolute Gasteiger partial charge is 0.376 e. The lowest BCUT2D eigenvalue weighted by Crippen LogP contribution is -2.32. The zero-order valence-electron chi connectivity index (χ0n) is 12.9. The molecule has 1 N–H and O–H groups in total. The zero-order chi connectivity index (χ0) is 14.4. The minimum Gasteiger partial charge on any atom is -0.376 e. The molecule has 2 unspecified atom stereocenters. The summed E-state index contributed by atoms with van der Waals surface area (Å²) in [5.74, 6) is 0. The van der Waals surface area contributed by atoms with Crippen LogP contribution in [0.1, 0.15) is 45.3 Å². The van der Waals surface area contributed by atoms with E-state index in [0.717, 1.165) is 31.9 Å². The second-order valence-electron chi connectivity index (χ2n) is 5.39. The van der Waals surface area contributed by atoms with E-state index in [0.29, 0.717) is 12.1 Å². The number of aromatic nitrogens is 1. The molecule has 20 heavy (non-hydrogen) atoms. The summed E-state index contributed by atoms with van der Waals surface area (Å²) >= 11 is 0. The van der Waals surface area contributed by atoms with Gasteiger partial charge in [0.15, 0.2) is 0 Å². The van der Waals surface area contributed by atoms with Gasteiger partial charge in [0.05, 0.1) is 23.7 Å². The molecule has 0 radical (unpaired) electrons. The number of rotatable bonds is 7. The molecule has 1 aliphatic rings. The number of hydrogen-bond acceptors (Lipinski definition) is 4. The van der Waals surface area contributed by atoms with Crippen molar-refractivity contribution >= 4 is 5.69 Å². The van der Waals surface area contributed by atoms with Gasteiger partial charge in [-0.2, -0.15) is 0 Å². The maximum Gasteiger partial charge on any atom is 0.0750 e. The number of nitrogens with zero attached hydrogens (tertiary/aromatic N) is 2. The van der Waals surface area contributed by atoms with Crippen LogP contribution in [-0.4, -0.2) is 37.3 Å². The number of pyridine rings is 1. The van der Waals surface area contributed by atoms with E-state index in [9.17, 15) is 0 Å². The smallest absolute Gasteiger partial charge is 0.0750 e. The highest BCUT2D eigenvalue weighted by Crippen LogP contribution is 2.20. The molecule has 1 saturated heterocycles. The van der Waals surface area contributed by atoms with Crippen molar-refractivity contribution in [2.75, 3.05) is 31.1 Å². The highest BCUT2D eigenvalue weighted by atomic mass is 16.5. The molecule has 112 valence electrons. The van der Waals surface area contributed by atoms with Gasteiger partial charge in [-0.05, 0) is 45.4 Å². The van der Waals surface area contributed by atoms with Crippen LogP contribution in [0.15, 0.2) is 18.3 Å². The summed E-state index contributed by atoms with van der Waals surface area (Å²) in [4.78, 5) is 6.95. The van der Waals surface area contributed by atoms with E-state index < -0.39 is 0 Å². The van der Waals surface area contributed by atoms with E-state index in [1.165, 1.54) is 18.5 Å². The van der Waals surface area contributed by atoms with E-state index in [-0.39, 0.29) is 0 Å². The Bertz CT molecular complexity index is 387. The predicted octanol–water partition coefficient (Wildman–Crippen LogP) is 2.76. The average Bonchev–Trinajstić information content (AvgIpc) is 2.98. The predicted molar refractivity (Wildman–Crippen MR) is 83.2 cm³/mol. The molecule has 1 fully saturated rings. The molecule has 4 heteroatoms. The Kier molecular flexibility index (Phi) is 5.80. The average molecular weight is 277 g/mol. The molecule has 4 nitrogen and oxygen atoms in total. The molecule has 1 aromatic heterocycles. The first-order valence-electron chi connectivity index (χ1n) is 7.80. The van der Waals surface area contributed by atoms with Crippen molar-refractivity contribution in [1.82, 2.24) is 10.3 Å². The summed E-state index contributed by atoms with van der Waals surface area (Å²) in [5, 5.41) is 3.39. The van der Waals surface area contributed by atoms with Gasteiger partial charge in [0.2, 0.25) is 0 Å². The third kappa shape index (κ3) is 3.93. The number of likely N-dealkylation sites (N-methyl/N-ethyl adjacent to an activating group) is 1. The minimum atomic E-state index is 0.308. The minimum absolute atomic E-state index is 0.308. The van der Waals surface area contributed by atoms with Crippen molar-refractivity contribution in [3.05, 3.63) is 24.0 Å². The lowest BCUT2D eigenvalue weighted by atomic mass is 10.2. The van der Waals surface area contributed by atoms with Crippen molar-refractivity contribution in [3.8, 4) is 0 Å². The van der Waals surface area contributed by atoms with Crippen LogP contribution in [0.25, 0.3) is 0 Å². The molecular formula is C16H27N3O. The Morgan fingerprint density at radius 1 is 1.45 bits per heavy atom. The van der Waals surface area contributed by atoms with Crippen LogP contribution in [0.2, 0.25) is 0 Å². The van der Waals surface area contributed by atoms with Gasteiger partial charge in [0.1, 0.15) is 0 Å². The van der Waals surface area contributed by atoms with E-state index >= 15 is 0 Å². The highest BCUT2D eigenvalue weighted by molar-refractivity contribution is 5.44. The maximum absolute atomic E-state index is 5.73. The van der Waals surface area contributed by atoms with Gasteiger partial charge in [0.25, 0.3) is 0 Å². The van der Waals surface area contributed by atoms with Crippen LogP contribution in [0.4, 0.5) is 5.69 Å². The third-order valence-corrected chi connectivity index (χ3v) is 3.92. The maximum atomic E-state index is 5.73. The fourth-order valence-corrected chi connectivity index (χ4v) is 2.70. The molecule has 0 aromatic carbocycles. The quantitative estimate of drug-likeness (QED) is 0.831. The number of hydrogen-bond donors (Lipinski definition) is 1. The molecule has 0 saturated carbocycles. The van der Waals surface area contributed by atoms with Crippen molar-refractivity contribution in [2.24, 2.45) is 0 Å². The molecular weight excluding hydrogens is 250 g/mol. The molecule has 2 atom stereocenters. The Balaban J connectivity index is 1.98. The van der Waals surface area contributed by atoms with E-state index in [1.807, 2.05) is 6.20 Å². The zero-order valence-corrected chi connectivity index (χ0v) is 12.9. The van der Waals surface area contributed by atoms with Gasteiger partial charge in [0, 0.05) is 25.7 Å². The molecule has 0 aliphatic carbocycles. The van der Waals surface area contributed by atoms with Gasteiger partial charge in [-0.3, -0.25) is 4.98 Å². The monoisotopic (exact) mass is 277 g/mol. The Morgan fingerprint density at radius 3 is 2.85 bits per heavy atom. The summed E-state index contributed by atoms with van der Waals surface area (Å²) in [5.41, 5.74) is 2.29. The van der Waals surface area contributed by atoms with Gasteiger partial charge < -0.3 is 15.0 Å². The number of anilines is 1. The molecule has 0 spiro atoms. The summed E-state index contributed by atoms with van der Waals surface area (Å²) in [6.07, 6.45) is 4.75. The normalized spacial score (nSPS) is 20.1. The topological polar surface area (TPSA) is 37.4 Å². The van der Waals surface area contributed by atoms with Crippen LogP contribution in [-0.2, 0) is 4.74 Å². The second kappa shape index (κ2) is 7.60. The lowest BCUT2D eigenvalue weighted by Gasteiger charge is -2.26. The summed E-state index contributed by atoms with van der Waals surface area (Å²) in [6, 6.07) is 4.61. The standard InChI is InChI=1S/C16H27N3O/c1-4-17-13(3)16-9-8-14(11-18-16)19(5-2)12-15-7-6-10-20-15/h8-9,11,13,15,17H,4-7,10,12H2,1-3H3. The van der Waals surface area contributed by atoms with Gasteiger partial charge in [-0.1, -0.05) is 6.92 Å². The van der Waals surface area contributed by atoms with Gasteiger partial charge >= 0.3 is 0 Å². The lowest BCUT2D eigenvalue weighted by molar-refractivity contribution is 0.115. The van der Waals surface area contributed by atoms with Gasteiger partial charge in [-0.15, -0.1) is 0 Å². The number of nitrogens with one attached hydrogen (secondary N) is 1. The summed E-state index contributed by atoms with van der Waals surface area (Å²) in [6.45, 7) is 10.3. The molecule has 0 amide bonds. The van der Waals surface area contributed by atoms with E-state index in [4.69, 9.17) is 4.74 Å². The highest BCUT2D eigenvalue weighted by Gasteiger charge is 2.19. The Hall–Kier alpha value is -1.13. The van der Waals surface area contributed by atoms with Gasteiger partial charge in [-0.25, -0.2) is 0 Å². The van der Waals surface area contributed by atoms with E-state index in [2.05, 4.69) is 48.1 Å². The first kappa shape index (κ1) is 15.3. The SMILES string of the molecule is CCNC(C)c1ccc(N(CC)CC2CCCO2)cn1. The first-order chi connectivity index (χ1) is 9.74. The fraction of sp³-hybridized carbons (Fsp3) is 0.688. The van der Waals surface area contributed by atoms with Crippen LogP contribution in [0, 0.1) is 0 Å². The van der Waals surface area contributed by atoms with Crippen LogP contribution in [0.5, 0.6) is 0 Å². The molecule has 1 aliphatic heterocycles. The Morgan fingerprint density at radius 2 is 2.30 bits per heavy atom.